The van der Waals surface area contributed by atoms with E-state index in [0.717, 1.165) is 37.5 Å². The van der Waals surface area contributed by atoms with E-state index in [2.05, 4.69) is 40.3 Å². The van der Waals surface area contributed by atoms with Gasteiger partial charge in [-0.3, -0.25) is 0 Å². The Labute approximate surface area is 118 Å². The number of hydrogen-bond donors (Lipinski definition) is 1. The summed E-state index contributed by atoms with van der Waals surface area (Å²) in [7, 11) is 0. The largest absolute Gasteiger partial charge is 0.376 e. The van der Waals surface area contributed by atoms with Gasteiger partial charge in [0.05, 0.1) is 17.8 Å². The van der Waals surface area contributed by atoms with E-state index in [9.17, 15) is 0 Å². The maximum Gasteiger partial charge on any atom is 0.125 e. The van der Waals surface area contributed by atoms with Crippen molar-refractivity contribution in [2.75, 3.05) is 18.5 Å². The highest BCUT2D eigenvalue weighted by Gasteiger charge is 2.31. The molecule has 0 saturated carbocycles. The van der Waals surface area contributed by atoms with Crippen molar-refractivity contribution in [3.63, 3.8) is 0 Å². The van der Waals surface area contributed by atoms with Crippen molar-refractivity contribution in [1.29, 1.82) is 0 Å². The predicted molar refractivity (Wildman–Crippen MR) is 78.8 cm³/mol. The van der Waals surface area contributed by atoms with E-state index in [1.165, 1.54) is 12.0 Å². The molecule has 4 heteroatoms. The number of anilines is 1. The summed E-state index contributed by atoms with van der Waals surface area (Å²) in [5, 5.41) is 8.27. The maximum atomic E-state index is 5.88. The summed E-state index contributed by atoms with van der Waals surface area (Å²) < 4.78 is 8.02. The Hall–Kier alpha value is -1.81. The Morgan fingerprint density at radius 3 is 2.90 bits per heavy atom. The van der Waals surface area contributed by atoms with Gasteiger partial charge in [-0.2, -0.15) is 5.10 Å². The van der Waals surface area contributed by atoms with E-state index in [1.54, 1.807) is 0 Å². The molecule has 2 aliphatic heterocycles. The molecule has 2 aromatic rings. The number of nitrogens with zero attached hydrogens (tertiary/aromatic N) is 2. The lowest BCUT2D eigenvalue weighted by Crippen LogP contribution is -2.31. The number of benzene rings is 1. The fourth-order valence-electron chi connectivity index (χ4n) is 3.25. The van der Waals surface area contributed by atoms with Crippen LogP contribution < -0.4 is 5.32 Å². The number of fused-ring (bicyclic) bond motifs is 1. The molecule has 1 aromatic heterocycles. The number of nitrogens with one attached hydrogen (secondary N) is 1. The quantitative estimate of drug-likeness (QED) is 0.910. The second kappa shape index (κ2) is 4.94. The second-order valence-corrected chi connectivity index (χ2v) is 5.56. The van der Waals surface area contributed by atoms with E-state index < -0.39 is 0 Å². The highest BCUT2D eigenvalue weighted by Crippen LogP contribution is 2.34. The highest BCUT2D eigenvalue weighted by molar-refractivity contribution is 5.63. The molecule has 2 atom stereocenters. The highest BCUT2D eigenvalue weighted by atomic mass is 16.5. The zero-order valence-electron chi connectivity index (χ0n) is 11.5. The minimum atomic E-state index is 0.333. The van der Waals surface area contributed by atoms with Gasteiger partial charge in [-0.25, -0.2) is 4.68 Å². The lowest BCUT2D eigenvalue weighted by molar-refractivity contribution is 0.0593. The molecule has 0 radical (unpaired) electrons. The van der Waals surface area contributed by atoms with Crippen LogP contribution in [0.5, 0.6) is 0 Å². The average Bonchev–Trinajstić information content (AvgIpc) is 3.17. The molecule has 0 bridgehead atoms. The zero-order valence-corrected chi connectivity index (χ0v) is 11.5. The molecule has 1 fully saturated rings. The number of rotatable bonds is 2. The minimum Gasteiger partial charge on any atom is -0.376 e. The van der Waals surface area contributed by atoms with Crippen molar-refractivity contribution >= 4 is 5.82 Å². The van der Waals surface area contributed by atoms with E-state index in [1.807, 2.05) is 6.07 Å². The van der Waals surface area contributed by atoms with Crippen molar-refractivity contribution in [1.82, 2.24) is 9.78 Å². The Kier molecular flexibility index (Phi) is 2.96. The summed E-state index contributed by atoms with van der Waals surface area (Å²) in [6, 6.07) is 12.9. The molecule has 1 saturated heterocycles. The van der Waals surface area contributed by atoms with Crippen LogP contribution in [-0.2, 0) is 4.74 Å². The second-order valence-electron chi connectivity index (χ2n) is 5.56. The zero-order chi connectivity index (χ0) is 13.4. The van der Waals surface area contributed by atoms with Gasteiger partial charge in [0, 0.05) is 24.8 Å². The van der Waals surface area contributed by atoms with Gasteiger partial charge in [-0.15, -0.1) is 0 Å². The molecule has 3 heterocycles. The average molecular weight is 269 g/mol. The van der Waals surface area contributed by atoms with Crippen LogP contribution in [0.2, 0.25) is 0 Å². The fourth-order valence-corrected chi connectivity index (χ4v) is 3.25. The van der Waals surface area contributed by atoms with Gasteiger partial charge in [-0.1, -0.05) is 30.3 Å². The Bertz CT molecular complexity index is 587. The number of hydrogen-bond acceptors (Lipinski definition) is 3. The van der Waals surface area contributed by atoms with Crippen molar-refractivity contribution in [2.45, 2.75) is 31.4 Å². The Morgan fingerprint density at radius 1 is 1.20 bits per heavy atom. The summed E-state index contributed by atoms with van der Waals surface area (Å²) in [4.78, 5) is 0. The van der Waals surface area contributed by atoms with Crippen molar-refractivity contribution in [2.24, 2.45) is 0 Å². The third kappa shape index (κ3) is 2.00. The van der Waals surface area contributed by atoms with Crippen molar-refractivity contribution in [3.8, 4) is 11.3 Å². The van der Waals surface area contributed by atoms with Crippen LogP contribution in [0.25, 0.3) is 11.3 Å². The molecule has 2 unspecified atom stereocenters. The number of ether oxygens (including phenoxy) is 1. The Balaban J connectivity index is 1.70. The Morgan fingerprint density at radius 2 is 2.10 bits per heavy atom. The standard InChI is InChI=1S/C16H19N3O/c1-2-5-12(6-3-1)13-11-16-17-9-8-14(19(16)18-13)15-7-4-10-20-15/h1-3,5-6,11,14-15,17H,4,7-10H2. The summed E-state index contributed by atoms with van der Waals surface area (Å²) in [6.45, 7) is 1.90. The van der Waals surface area contributed by atoms with E-state index >= 15 is 0 Å². The fraction of sp³-hybridized carbons (Fsp3) is 0.438. The van der Waals surface area contributed by atoms with Gasteiger partial charge in [0.1, 0.15) is 5.82 Å². The van der Waals surface area contributed by atoms with Crippen LogP contribution in [0.3, 0.4) is 0 Å². The first kappa shape index (κ1) is 12.0. The SMILES string of the molecule is c1ccc(-c2cc3n(n2)C(C2CCCO2)CCN3)cc1. The minimum absolute atomic E-state index is 0.333. The smallest absolute Gasteiger partial charge is 0.125 e. The predicted octanol–water partition coefficient (Wildman–Crippen LogP) is 3.09. The first-order chi connectivity index (χ1) is 9.92. The molecule has 0 amide bonds. The monoisotopic (exact) mass is 269 g/mol. The summed E-state index contributed by atoms with van der Waals surface area (Å²) >= 11 is 0. The summed E-state index contributed by atoms with van der Waals surface area (Å²) in [6.07, 6.45) is 3.76. The molecular weight excluding hydrogens is 250 g/mol. The van der Waals surface area contributed by atoms with Crippen molar-refractivity contribution in [3.05, 3.63) is 36.4 Å². The number of aromatic nitrogens is 2. The van der Waals surface area contributed by atoms with Crippen LogP contribution in [0.15, 0.2) is 36.4 Å². The normalized spacial score (nSPS) is 25.2. The maximum absolute atomic E-state index is 5.88. The lowest BCUT2D eigenvalue weighted by atomic mass is 10.0. The van der Waals surface area contributed by atoms with Gasteiger partial charge < -0.3 is 10.1 Å². The van der Waals surface area contributed by atoms with Crippen LogP contribution in [0.4, 0.5) is 5.82 Å². The molecule has 1 aromatic carbocycles. The van der Waals surface area contributed by atoms with Crippen molar-refractivity contribution < 1.29 is 4.74 Å². The van der Waals surface area contributed by atoms with Gasteiger partial charge in [0.15, 0.2) is 0 Å². The third-order valence-electron chi connectivity index (χ3n) is 4.26. The van der Waals surface area contributed by atoms with Crippen LogP contribution in [0.1, 0.15) is 25.3 Å². The third-order valence-corrected chi connectivity index (χ3v) is 4.26. The molecule has 4 rings (SSSR count). The summed E-state index contributed by atoms with van der Waals surface area (Å²) in [5.41, 5.74) is 2.21. The van der Waals surface area contributed by atoms with Gasteiger partial charge >= 0.3 is 0 Å². The van der Waals surface area contributed by atoms with Gasteiger partial charge in [-0.05, 0) is 19.3 Å². The van der Waals surface area contributed by atoms with E-state index in [-0.39, 0.29) is 0 Å². The van der Waals surface area contributed by atoms with Gasteiger partial charge in [0.2, 0.25) is 0 Å². The topological polar surface area (TPSA) is 39.1 Å². The molecule has 2 aliphatic rings. The molecule has 4 nitrogen and oxygen atoms in total. The van der Waals surface area contributed by atoms with E-state index in [4.69, 9.17) is 9.84 Å². The summed E-state index contributed by atoms with van der Waals surface area (Å²) in [5.74, 6) is 1.12. The molecule has 0 aliphatic carbocycles. The molecule has 20 heavy (non-hydrogen) atoms. The lowest BCUT2D eigenvalue weighted by Gasteiger charge is -2.29. The molecule has 1 N–H and O–H groups in total. The molecule has 104 valence electrons. The van der Waals surface area contributed by atoms with Crippen LogP contribution in [-0.4, -0.2) is 29.0 Å². The molecular formula is C16H19N3O. The van der Waals surface area contributed by atoms with E-state index in [0.29, 0.717) is 12.1 Å². The molecule has 0 spiro atoms. The van der Waals surface area contributed by atoms with Crippen LogP contribution >= 0.6 is 0 Å². The van der Waals surface area contributed by atoms with Crippen LogP contribution in [0, 0.1) is 0 Å². The first-order valence-corrected chi connectivity index (χ1v) is 7.42. The first-order valence-electron chi connectivity index (χ1n) is 7.42. The van der Waals surface area contributed by atoms with Gasteiger partial charge in [0.25, 0.3) is 0 Å².